The first kappa shape index (κ1) is 28.6. The second-order valence-electron chi connectivity index (χ2n) is 8.60. The van der Waals surface area contributed by atoms with E-state index in [2.05, 4.69) is 0 Å². The Hall–Kier alpha value is -2.95. The third-order valence-electron chi connectivity index (χ3n) is 6.19. The summed E-state index contributed by atoms with van der Waals surface area (Å²) in [5.41, 5.74) is 0.958. The van der Waals surface area contributed by atoms with Crippen LogP contribution < -0.4 is 9.47 Å². The van der Waals surface area contributed by atoms with Crippen LogP contribution in [-0.2, 0) is 27.8 Å². The molecule has 1 atom stereocenters. The van der Waals surface area contributed by atoms with Crippen molar-refractivity contribution < 1.29 is 27.1 Å². The molecular weight excluding hydrogens is 515 g/mol. The van der Waals surface area contributed by atoms with Crippen molar-refractivity contribution >= 4 is 27.3 Å². The molecule has 1 amide bonds. The van der Waals surface area contributed by atoms with Gasteiger partial charge in [-0.1, -0.05) is 19.1 Å². The summed E-state index contributed by atoms with van der Waals surface area (Å²) in [6.45, 7) is 4.07. The molecule has 0 N–H and O–H groups in total. The largest absolute Gasteiger partial charge is 0.493 e. The fraction of sp³-hybridized carbons (Fsp3) is 0.370. The van der Waals surface area contributed by atoms with E-state index in [4.69, 9.17) is 9.47 Å². The summed E-state index contributed by atoms with van der Waals surface area (Å²) in [5, 5.41) is 1.94. The van der Waals surface area contributed by atoms with Gasteiger partial charge in [0.15, 0.2) is 11.5 Å². The lowest BCUT2D eigenvalue weighted by molar-refractivity contribution is -0.132. The Kier molecular flexibility index (Phi) is 10.1. The van der Waals surface area contributed by atoms with Crippen LogP contribution in [0.3, 0.4) is 0 Å². The minimum atomic E-state index is -4.01. The molecule has 200 valence electrons. The molecule has 0 saturated heterocycles. The molecule has 37 heavy (non-hydrogen) atoms. The summed E-state index contributed by atoms with van der Waals surface area (Å²) < 4.78 is 52.2. The number of nitrogens with zero attached hydrogens (tertiary/aromatic N) is 2. The number of hydrogen-bond donors (Lipinski definition) is 0. The van der Waals surface area contributed by atoms with Gasteiger partial charge in [-0.15, -0.1) is 11.3 Å². The molecule has 0 aliphatic rings. The lowest BCUT2D eigenvalue weighted by Crippen LogP contribution is -2.46. The predicted octanol–water partition coefficient (Wildman–Crippen LogP) is 4.97. The number of carbonyl (C=O) groups is 1. The smallest absolute Gasteiger partial charge is 0.243 e. The van der Waals surface area contributed by atoms with Crippen LogP contribution in [0.2, 0.25) is 0 Å². The van der Waals surface area contributed by atoms with Crippen molar-refractivity contribution in [3.63, 3.8) is 0 Å². The van der Waals surface area contributed by atoms with Gasteiger partial charge in [0.1, 0.15) is 5.82 Å². The Balaban J connectivity index is 1.84. The third kappa shape index (κ3) is 7.30. The van der Waals surface area contributed by atoms with E-state index in [9.17, 15) is 17.6 Å². The Labute approximate surface area is 222 Å². The van der Waals surface area contributed by atoms with Gasteiger partial charge in [0.05, 0.1) is 32.2 Å². The van der Waals surface area contributed by atoms with Crippen LogP contribution in [0.4, 0.5) is 4.39 Å². The minimum Gasteiger partial charge on any atom is -0.493 e. The highest BCUT2D eigenvalue weighted by Gasteiger charge is 2.32. The SMILES string of the molecule is CCC(C)N(CC(=O)N(CCc1ccc(OC)c(OC)c1)Cc1cccs1)S(=O)(=O)c1ccc(F)cc1. The quantitative estimate of drug-likeness (QED) is 0.302. The lowest BCUT2D eigenvalue weighted by Gasteiger charge is -2.30. The average Bonchev–Trinajstić information content (AvgIpc) is 3.42. The van der Waals surface area contributed by atoms with Gasteiger partial charge < -0.3 is 14.4 Å². The van der Waals surface area contributed by atoms with Gasteiger partial charge in [0, 0.05) is 17.5 Å². The number of sulfonamides is 1. The molecule has 3 rings (SSSR count). The first-order valence-corrected chi connectivity index (χ1v) is 14.3. The number of amides is 1. The van der Waals surface area contributed by atoms with E-state index >= 15 is 0 Å². The first-order chi connectivity index (χ1) is 17.7. The van der Waals surface area contributed by atoms with Gasteiger partial charge in [0.2, 0.25) is 15.9 Å². The monoisotopic (exact) mass is 548 g/mol. The van der Waals surface area contributed by atoms with Gasteiger partial charge >= 0.3 is 0 Å². The van der Waals surface area contributed by atoms with E-state index in [1.165, 1.54) is 27.8 Å². The summed E-state index contributed by atoms with van der Waals surface area (Å²) in [4.78, 5) is 16.2. The predicted molar refractivity (Wildman–Crippen MR) is 143 cm³/mol. The number of methoxy groups -OCH3 is 2. The van der Waals surface area contributed by atoms with Crippen molar-refractivity contribution in [3.8, 4) is 11.5 Å². The zero-order chi connectivity index (χ0) is 27.0. The topological polar surface area (TPSA) is 76.2 Å². The molecule has 1 aromatic heterocycles. The molecule has 0 saturated carbocycles. The normalized spacial score (nSPS) is 12.4. The van der Waals surface area contributed by atoms with Crippen molar-refractivity contribution in [1.29, 1.82) is 0 Å². The van der Waals surface area contributed by atoms with Crippen LogP contribution >= 0.6 is 11.3 Å². The van der Waals surface area contributed by atoms with Crippen LogP contribution in [0, 0.1) is 5.82 Å². The van der Waals surface area contributed by atoms with E-state index in [1.807, 2.05) is 42.6 Å². The van der Waals surface area contributed by atoms with Crippen LogP contribution in [0.5, 0.6) is 11.5 Å². The molecule has 1 heterocycles. The summed E-state index contributed by atoms with van der Waals surface area (Å²) in [6, 6.07) is 13.7. The maximum Gasteiger partial charge on any atom is 0.243 e. The van der Waals surface area contributed by atoms with Crippen molar-refractivity contribution in [1.82, 2.24) is 9.21 Å². The fourth-order valence-corrected chi connectivity index (χ4v) is 6.21. The Bertz CT molecular complexity index is 1260. The minimum absolute atomic E-state index is 0.0443. The average molecular weight is 549 g/mol. The highest BCUT2D eigenvalue weighted by atomic mass is 32.2. The number of thiophene rings is 1. The second-order valence-corrected chi connectivity index (χ2v) is 11.5. The Morgan fingerprint density at radius 1 is 1.05 bits per heavy atom. The maximum atomic E-state index is 13.6. The number of rotatable bonds is 13. The second kappa shape index (κ2) is 13.0. The van der Waals surface area contributed by atoms with Crippen LogP contribution in [0.25, 0.3) is 0 Å². The van der Waals surface area contributed by atoms with Crippen molar-refractivity contribution in [2.45, 2.75) is 44.2 Å². The number of halogens is 1. The molecule has 10 heteroatoms. The van der Waals surface area contributed by atoms with Crippen molar-refractivity contribution in [2.75, 3.05) is 27.3 Å². The van der Waals surface area contributed by atoms with Crippen LogP contribution in [-0.4, -0.2) is 56.9 Å². The van der Waals surface area contributed by atoms with Gasteiger partial charge in [-0.25, -0.2) is 12.8 Å². The molecule has 0 aliphatic heterocycles. The molecule has 0 aliphatic carbocycles. The van der Waals surface area contributed by atoms with Gasteiger partial charge in [-0.3, -0.25) is 4.79 Å². The van der Waals surface area contributed by atoms with E-state index in [-0.39, 0.29) is 17.3 Å². The van der Waals surface area contributed by atoms with E-state index in [0.29, 0.717) is 37.4 Å². The zero-order valence-corrected chi connectivity index (χ0v) is 23.1. The van der Waals surface area contributed by atoms with Crippen molar-refractivity contribution in [2.24, 2.45) is 0 Å². The molecule has 1 unspecified atom stereocenters. The molecule has 0 radical (unpaired) electrons. The summed E-state index contributed by atoms with van der Waals surface area (Å²) in [5.74, 6) is 0.389. The maximum absolute atomic E-state index is 13.6. The van der Waals surface area contributed by atoms with Crippen LogP contribution in [0.15, 0.2) is 64.9 Å². The summed E-state index contributed by atoms with van der Waals surface area (Å²) in [7, 11) is -0.872. The molecule has 0 bridgehead atoms. The zero-order valence-electron chi connectivity index (χ0n) is 21.5. The van der Waals surface area contributed by atoms with Gasteiger partial charge in [-0.2, -0.15) is 4.31 Å². The van der Waals surface area contributed by atoms with Gasteiger partial charge in [0.25, 0.3) is 0 Å². The summed E-state index contributed by atoms with van der Waals surface area (Å²) >= 11 is 1.54. The van der Waals surface area contributed by atoms with E-state index < -0.39 is 21.9 Å². The Morgan fingerprint density at radius 3 is 2.35 bits per heavy atom. The standard InChI is InChI=1S/C27H33FN2O5S2/c1-5-20(2)30(37(32,33)24-11-9-22(28)10-12-24)19-27(31)29(18-23-7-6-16-36-23)15-14-21-8-13-25(34-3)26(17-21)35-4/h6-13,16-17,20H,5,14-15,18-19H2,1-4H3. The molecule has 3 aromatic rings. The third-order valence-corrected chi connectivity index (χ3v) is 9.03. The van der Waals surface area contributed by atoms with Crippen LogP contribution in [0.1, 0.15) is 30.7 Å². The van der Waals surface area contributed by atoms with Gasteiger partial charge in [-0.05, 0) is 73.2 Å². The molecule has 7 nitrogen and oxygen atoms in total. The Morgan fingerprint density at radius 2 is 1.76 bits per heavy atom. The molecule has 2 aromatic carbocycles. The molecular formula is C27H33FN2O5S2. The highest BCUT2D eigenvalue weighted by molar-refractivity contribution is 7.89. The number of benzene rings is 2. The lowest BCUT2D eigenvalue weighted by atomic mass is 10.1. The highest BCUT2D eigenvalue weighted by Crippen LogP contribution is 2.28. The number of carbonyl (C=O) groups excluding carboxylic acids is 1. The molecule has 0 spiro atoms. The number of hydrogen-bond acceptors (Lipinski definition) is 6. The summed E-state index contributed by atoms with van der Waals surface area (Å²) in [6.07, 6.45) is 1.07. The fourth-order valence-electron chi connectivity index (χ4n) is 3.84. The van der Waals surface area contributed by atoms with E-state index in [1.54, 1.807) is 26.0 Å². The van der Waals surface area contributed by atoms with Crippen molar-refractivity contribution in [3.05, 3.63) is 76.2 Å². The number of ether oxygens (including phenoxy) is 2. The van der Waals surface area contributed by atoms with E-state index in [0.717, 1.165) is 22.6 Å². The first-order valence-electron chi connectivity index (χ1n) is 12.0. The molecule has 0 fully saturated rings.